The van der Waals surface area contributed by atoms with Crippen molar-refractivity contribution in [2.45, 2.75) is 32.4 Å². The van der Waals surface area contributed by atoms with Gasteiger partial charge in [0.05, 0.1) is 5.02 Å². The second-order valence-electron chi connectivity index (χ2n) is 6.65. The summed E-state index contributed by atoms with van der Waals surface area (Å²) in [7, 11) is 0. The van der Waals surface area contributed by atoms with Crippen molar-refractivity contribution in [2.75, 3.05) is 19.6 Å². The second kappa shape index (κ2) is 9.72. The average molecular weight is 391 g/mol. The van der Waals surface area contributed by atoms with Crippen LogP contribution in [0.1, 0.15) is 30.4 Å². The molecule has 0 radical (unpaired) electrons. The third-order valence-corrected chi connectivity index (χ3v) is 4.98. The van der Waals surface area contributed by atoms with Gasteiger partial charge in [-0.15, -0.1) is 0 Å². The summed E-state index contributed by atoms with van der Waals surface area (Å²) in [5.74, 6) is 0.586. The van der Waals surface area contributed by atoms with E-state index in [4.69, 9.17) is 16.3 Å². The van der Waals surface area contributed by atoms with E-state index in [1.807, 2.05) is 29.2 Å². The van der Waals surface area contributed by atoms with Gasteiger partial charge in [0, 0.05) is 31.6 Å². The first-order chi connectivity index (χ1) is 13.1. The molecule has 1 aliphatic rings. The highest BCUT2D eigenvalue weighted by atomic mass is 35.5. The van der Waals surface area contributed by atoms with Crippen molar-refractivity contribution < 1.29 is 13.9 Å². The Balaban J connectivity index is 1.42. The summed E-state index contributed by atoms with van der Waals surface area (Å²) in [6.07, 6.45) is 2.61. The molecule has 0 spiro atoms. The Hall–Kier alpha value is -2.11. The average Bonchev–Trinajstić information content (AvgIpc) is 3.06. The van der Waals surface area contributed by atoms with E-state index in [0.29, 0.717) is 29.3 Å². The zero-order valence-electron chi connectivity index (χ0n) is 15.2. The lowest BCUT2D eigenvalue weighted by Crippen LogP contribution is -2.28. The summed E-state index contributed by atoms with van der Waals surface area (Å²) in [4.78, 5) is 13.5. The molecule has 3 rings (SSSR count). The van der Waals surface area contributed by atoms with Gasteiger partial charge in [-0.2, -0.15) is 0 Å². The lowest BCUT2D eigenvalue weighted by Gasteiger charge is -2.15. The summed E-state index contributed by atoms with van der Waals surface area (Å²) < 4.78 is 19.5. The highest BCUT2D eigenvalue weighted by Crippen LogP contribution is 2.22. The van der Waals surface area contributed by atoms with Crippen LogP contribution in [0, 0.1) is 5.82 Å². The van der Waals surface area contributed by atoms with Crippen molar-refractivity contribution >= 4 is 17.5 Å². The molecular weight excluding hydrogens is 367 g/mol. The molecule has 1 N–H and O–H groups in total. The maximum Gasteiger partial charge on any atom is 0.222 e. The second-order valence-corrected chi connectivity index (χ2v) is 7.06. The number of hydrogen-bond donors (Lipinski definition) is 1. The lowest BCUT2D eigenvalue weighted by atomic mass is 10.2. The molecule has 27 heavy (non-hydrogen) atoms. The number of carbonyl (C=O) groups is 1. The van der Waals surface area contributed by atoms with Gasteiger partial charge in [-0.1, -0.05) is 29.8 Å². The number of rotatable bonds is 9. The van der Waals surface area contributed by atoms with Crippen LogP contribution in [-0.4, -0.2) is 30.4 Å². The standard InChI is InChI=1S/C21H24ClFN2O2/c22-19-7-2-8-20(23)18(19)15-27-17-6-1-5-16(13-17)14-24-10-4-12-25-11-3-9-21(25)26/h1-2,5-8,13,24H,3-4,9-12,14-15H2. The van der Waals surface area contributed by atoms with Gasteiger partial charge in [0.1, 0.15) is 18.2 Å². The molecule has 1 fully saturated rings. The zero-order valence-corrected chi connectivity index (χ0v) is 16.0. The molecule has 0 unspecified atom stereocenters. The first-order valence-corrected chi connectivity index (χ1v) is 9.64. The third-order valence-electron chi connectivity index (χ3n) is 4.63. The molecule has 2 aromatic rings. The van der Waals surface area contributed by atoms with E-state index >= 15 is 0 Å². The number of hydrogen-bond acceptors (Lipinski definition) is 3. The predicted molar refractivity (Wildman–Crippen MR) is 104 cm³/mol. The maximum atomic E-state index is 13.8. The van der Waals surface area contributed by atoms with Gasteiger partial charge in [-0.3, -0.25) is 4.79 Å². The van der Waals surface area contributed by atoms with Gasteiger partial charge >= 0.3 is 0 Å². The number of benzene rings is 2. The van der Waals surface area contributed by atoms with Gasteiger partial charge < -0.3 is 15.0 Å². The van der Waals surface area contributed by atoms with E-state index < -0.39 is 0 Å². The molecule has 0 bridgehead atoms. The predicted octanol–water partition coefficient (Wildman–Crippen LogP) is 4.16. The summed E-state index contributed by atoms with van der Waals surface area (Å²) in [6.45, 7) is 3.36. The molecule has 144 valence electrons. The van der Waals surface area contributed by atoms with Crippen molar-refractivity contribution in [1.82, 2.24) is 10.2 Å². The van der Waals surface area contributed by atoms with Gasteiger partial charge in [0.2, 0.25) is 5.91 Å². The van der Waals surface area contributed by atoms with Gasteiger partial charge in [-0.25, -0.2) is 4.39 Å². The quantitative estimate of drug-likeness (QED) is 0.654. The number of likely N-dealkylation sites (tertiary alicyclic amines) is 1. The van der Waals surface area contributed by atoms with Crippen LogP contribution in [-0.2, 0) is 17.9 Å². The lowest BCUT2D eigenvalue weighted by molar-refractivity contribution is -0.127. The largest absolute Gasteiger partial charge is 0.489 e. The van der Waals surface area contributed by atoms with Crippen LogP contribution in [0.5, 0.6) is 5.75 Å². The molecule has 2 aromatic carbocycles. The minimum Gasteiger partial charge on any atom is -0.489 e. The molecule has 6 heteroatoms. The Labute approximate surface area is 164 Å². The van der Waals surface area contributed by atoms with E-state index in [1.165, 1.54) is 6.07 Å². The Morgan fingerprint density at radius 3 is 2.85 bits per heavy atom. The summed E-state index contributed by atoms with van der Waals surface area (Å²) in [5, 5.41) is 3.75. The minimum absolute atomic E-state index is 0.0895. The molecule has 4 nitrogen and oxygen atoms in total. The Bertz CT molecular complexity index is 764. The SMILES string of the molecule is O=C1CCCN1CCCNCc1cccc(OCc2c(F)cccc2Cl)c1. The topological polar surface area (TPSA) is 41.6 Å². The summed E-state index contributed by atoms with van der Waals surface area (Å²) in [6, 6.07) is 12.3. The molecule has 0 saturated carbocycles. The van der Waals surface area contributed by atoms with Crippen molar-refractivity contribution in [3.05, 3.63) is 64.4 Å². The number of halogens is 2. The first kappa shape index (κ1) is 19.6. The fourth-order valence-electron chi connectivity index (χ4n) is 3.14. The number of nitrogens with one attached hydrogen (secondary N) is 1. The normalized spacial score (nSPS) is 14.0. The number of carbonyl (C=O) groups excluding carboxylic acids is 1. The van der Waals surface area contributed by atoms with Crippen LogP contribution in [0.2, 0.25) is 5.02 Å². The first-order valence-electron chi connectivity index (χ1n) is 9.26. The summed E-state index contributed by atoms with van der Waals surface area (Å²) in [5.41, 5.74) is 1.45. The number of ether oxygens (including phenoxy) is 1. The monoisotopic (exact) mass is 390 g/mol. The highest BCUT2D eigenvalue weighted by molar-refractivity contribution is 6.31. The number of nitrogens with zero attached hydrogens (tertiary/aromatic N) is 1. The van der Waals surface area contributed by atoms with Crippen molar-refractivity contribution in [1.29, 1.82) is 0 Å². The zero-order chi connectivity index (χ0) is 19.1. The van der Waals surface area contributed by atoms with E-state index in [2.05, 4.69) is 5.32 Å². The summed E-state index contributed by atoms with van der Waals surface area (Å²) >= 11 is 6.03. The van der Waals surface area contributed by atoms with Crippen LogP contribution in [0.4, 0.5) is 4.39 Å². The Morgan fingerprint density at radius 2 is 2.07 bits per heavy atom. The van der Waals surface area contributed by atoms with Gasteiger partial charge in [0.15, 0.2) is 0 Å². The Kier molecular flexibility index (Phi) is 7.07. The smallest absolute Gasteiger partial charge is 0.222 e. The van der Waals surface area contributed by atoms with E-state index in [0.717, 1.165) is 38.0 Å². The van der Waals surface area contributed by atoms with Crippen LogP contribution in [0.3, 0.4) is 0 Å². The minimum atomic E-state index is -0.364. The van der Waals surface area contributed by atoms with Crippen LogP contribution in [0.25, 0.3) is 0 Å². The third kappa shape index (κ3) is 5.68. The van der Waals surface area contributed by atoms with E-state index in [9.17, 15) is 9.18 Å². The van der Waals surface area contributed by atoms with Crippen LogP contribution in [0.15, 0.2) is 42.5 Å². The molecular formula is C21H24ClFN2O2. The van der Waals surface area contributed by atoms with Crippen molar-refractivity contribution in [3.8, 4) is 5.75 Å². The molecule has 1 saturated heterocycles. The van der Waals surface area contributed by atoms with Crippen molar-refractivity contribution in [3.63, 3.8) is 0 Å². The van der Waals surface area contributed by atoms with Gasteiger partial charge in [-0.05, 0) is 49.2 Å². The molecule has 1 aliphatic heterocycles. The van der Waals surface area contributed by atoms with E-state index in [1.54, 1.807) is 12.1 Å². The maximum absolute atomic E-state index is 13.8. The fourth-order valence-corrected chi connectivity index (χ4v) is 3.36. The fraction of sp³-hybridized carbons (Fsp3) is 0.381. The van der Waals surface area contributed by atoms with Crippen LogP contribution >= 0.6 is 11.6 Å². The number of amides is 1. The molecule has 0 aromatic heterocycles. The van der Waals surface area contributed by atoms with Gasteiger partial charge in [0.25, 0.3) is 0 Å². The van der Waals surface area contributed by atoms with Crippen LogP contribution < -0.4 is 10.1 Å². The molecule has 1 amide bonds. The molecule has 1 heterocycles. The Morgan fingerprint density at radius 1 is 1.22 bits per heavy atom. The molecule has 0 atom stereocenters. The highest BCUT2D eigenvalue weighted by Gasteiger charge is 2.18. The van der Waals surface area contributed by atoms with Crippen molar-refractivity contribution in [2.24, 2.45) is 0 Å². The molecule has 0 aliphatic carbocycles. The van der Waals surface area contributed by atoms with E-state index in [-0.39, 0.29) is 18.3 Å².